The Bertz CT molecular complexity index is 93.3. The van der Waals surface area contributed by atoms with Gasteiger partial charge in [0.15, 0.2) is 0 Å². The normalized spacial score (nSPS) is 34.2. The van der Waals surface area contributed by atoms with E-state index >= 15 is 0 Å². The molecule has 0 N–H and O–H groups in total. The molecule has 0 aromatic heterocycles. The average Bonchev–Trinajstić information content (AvgIpc) is 1.88. The summed E-state index contributed by atoms with van der Waals surface area (Å²) in [5.41, 5.74) is 0.435. The Labute approximate surface area is 67.5 Å². The zero-order chi connectivity index (χ0) is 7.40. The van der Waals surface area contributed by atoms with Gasteiger partial charge in [-0.15, -0.1) is 11.8 Å². The third kappa shape index (κ3) is 2.51. The first kappa shape index (κ1) is 8.41. The molecule has 0 spiro atoms. The van der Waals surface area contributed by atoms with Gasteiger partial charge >= 0.3 is 0 Å². The van der Waals surface area contributed by atoms with Crippen molar-refractivity contribution < 1.29 is 4.74 Å². The summed E-state index contributed by atoms with van der Waals surface area (Å²) in [7, 11) is 0. The largest absolute Gasteiger partial charge is 0.368 e. The van der Waals surface area contributed by atoms with Crippen molar-refractivity contribution in [2.75, 3.05) is 6.61 Å². The second-order valence-electron chi connectivity index (χ2n) is 2.77. The van der Waals surface area contributed by atoms with E-state index in [0.717, 1.165) is 11.9 Å². The molecular weight excluding hydrogens is 144 g/mol. The van der Waals surface area contributed by atoms with Crippen molar-refractivity contribution in [2.45, 2.75) is 43.8 Å². The molecule has 0 saturated carbocycles. The van der Waals surface area contributed by atoms with Gasteiger partial charge in [0.2, 0.25) is 0 Å². The van der Waals surface area contributed by atoms with Crippen LogP contribution in [0.2, 0.25) is 0 Å². The highest BCUT2D eigenvalue weighted by atomic mass is 32.2. The van der Waals surface area contributed by atoms with Gasteiger partial charge in [-0.25, -0.2) is 0 Å². The van der Waals surface area contributed by atoms with Crippen LogP contribution in [0.5, 0.6) is 0 Å². The Kier molecular flexibility index (Phi) is 3.57. The van der Waals surface area contributed by atoms with Crippen LogP contribution < -0.4 is 0 Å². The quantitative estimate of drug-likeness (QED) is 0.614. The van der Waals surface area contributed by atoms with Gasteiger partial charge in [-0.1, -0.05) is 13.3 Å². The molecule has 1 aliphatic heterocycles. The summed E-state index contributed by atoms with van der Waals surface area (Å²) < 4.78 is 5.42. The molecule has 1 aliphatic rings. The first-order valence-electron chi connectivity index (χ1n) is 4.10. The van der Waals surface area contributed by atoms with Crippen LogP contribution in [0.3, 0.4) is 0 Å². The van der Waals surface area contributed by atoms with Crippen LogP contribution >= 0.6 is 11.8 Å². The summed E-state index contributed by atoms with van der Waals surface area (Å²) in [5.74, 6) is 0. The molecule has 0 aromatic carbocycles. The van der Waals surface area contributed by atoms with Crippen LogP contribution in [0.25, 0.3) is 0 Å². The minimum absolute atomic E-state index is 0.435. The summed E-state index contributed by atoms with van der Waals surface area (Å²) in [6.07, 6.45) is 3.92. The second-order valence-corrected chi connectivity index (χ2v) is 4.38. The lowest BCUT2D eigenvalue weighted by molar-refractivity contribution is 0.110. The Morgan fingerprint density at radius 1 is 1.60 bits per heavy atom. The molecule has 1 heterocycles. The van der Waals surface area contributed by atoms with E-state index < -0.39 is 0 Å². The van der Waals surface area contributed by atoms with Gasteiger partial charge in [0.05, 0.1) is 0 Å². The molecule has 0 amide bonds. The minimum atomic E-state index is 0.435. The monoisotopic (exact) mass is 160 g/mol. The van der Waals surface area contributed by atoms with Crippen molar-refractivity contribution in [3.8, 4) is 0 Å². The van der Waals surface area contributed by atoms with E-state index in [1.54, 1.807) is 0 Å². The molecule has 0 aliphatic carbocycles. The lowest BCUT2D eigenvalue weighted by Gasteiger charge is -2.26. The summed E-state index contributed by atoms with van der Waals surface area (Å²) in [5, 5.41) is 0.869. The van der Waals surface area contributed by atoms with E-state index in [-0.39, 0.29) is 0 Å². The summed E-state index contributed by atoms with van der Waals surface area (Å²) in [4.78, 5) is 0. The van der Waals surface area contributed by atoms with E-state index in [0.29, 0.717) is 5.44 Å². The molecule has 10 heavy (non-hydrogen) atoms. The highest BCUT2D eigenvalue weighted by molar-refractivity contribution is 8.00. The first-order chi connectivity index (χ1) is 4.83. The third-order valence-electron chi connectivity index (χ3n) is 1.79. The number of hydrogen-bond acceptors (Lipinski definition) is 2. The molecule has 2 heteroatoms. The Hall–Kier alpha value is 0.310. The number of thioether (sulfide) groups is 1. The Balaban J connectivity index is 2.18. The zero-order valence-corrected chi connectivity index (χ0v) is 7.62. The maximum absolute atomic E-state index is 5.42. The highest BCUT2D eigenvalue weighted by Crippen LogP contribution is 2.29. The predicted molar refractivity (Wildman–Crippen MR) is 46.3 cm³/mol. The second kappa shape index (κ2) is 4.24. The summed E-state index contributed by atoms with van der Waals surface area (Å²) in [6, 6.07) is 0. The fourth-order valence-electron chi connectivity index (χ4n) is 1.28. The maximum atomic E-state index is 5.42. The fourth-order valence-corrected chi connectivity index (χ4v) is 2.60. The number of hydrogen-bond donors (Lipinski definition) is 0. The molecule has 2 atom stereocenters. The van der Waals surface area contributed by atoms with Crippen LogP contribution in [0, 0.1) is 0 Å². The smallest absolute Gasteiger partial charge is 0.100 e. The van der Waals surface area contributed by atoms with Crippen LogP contribution in [0.1, 0.15) is 33.1 Å². The summed E-state index contributed by atoms with van der Waals surface area (Å²) >= 11 is 1.99. The summed E-state index contributed by atoms with van der Waals surface area (Å²) in [6.45, 7) is 5.37. The van der Waals surface area contributed by atoms with E-state index in [2.05, 4.69) is 13.8 Å². The van der Waals surface area contributed by atoms with Crippen molar-refractivity contribution >= 4 is 11.8 Å². The molecule has 0 aromatic rings. The van der Waals surface area contributed by atoms with E-state index in [1.807, 2.05) is 11.8 Å². The van der Waals surface area contributed by atoms with Crippen LogP contribution in [-0.2, 0) is 4.74 Å². The Morgan fingerprint density at radius 2 is 2.40 bits per heavy atom. The number of rotatable bonds is 2. The maximum Gasteiger partial charge on any atom is 0.100 e. The molecule has 1 nitrogen and oxygen atoms in total. The lowest BCUT2D eigenvalue weighted by atomic mass is 10.2. The topological polar surface area (TPSA) is 9.23 Å². The first-order valence-corrected chi connectivity index (χ1v) is 5.04. The third-order valence-corrected chi connectivity index (χ3v) is 3.16. The molecule has 60 valence electrons. The molecule has 1 rings (SSSR count). The van der Waals surface area contributed by atoms with Gasteiger partial charge < -0.3 is 4.74 Å². The van der Waals surface area contributed by atoms with Crippen molar-refractivity contribution in [3.63, 3.8) is 0 Å². The molecule has 1 fully saturated rings. The van der Waals surface area contributed by atoms with Crippen LogP contribution in [0.15, 0.2) is 0 Å². The molecular formula is C8H16OS. The highest BCUT2D eigenvalue weighted by Gasteiger charge is 2.18. The lowest BCUT2D eigenvalue weighted by Crippen LogP contribution is -2.20. The van der Waals surface area contributed by atoms with Crippen molar-refractivity contribution in [1.82, 2.24) is 0 Å². The fraction of sp³-hybridized carbons (Fsp3) is 1.00. The van der Waals surface area contributed by atoms with Crippen LogP contribution in [-0.4, -0.2) is 17.3 Å². The van der Waals surface area contributed by atoms with E-state index in [1.165, 1.54) is 19.3 Å². The van der Waals surface area contributed by atoms with Gasteiger partial charge in [0.1, 0.15) is 5.44 Å². The average molecular weight is 160 g/mol. The molecule has 0 unspecified atom stereocenters. The van der Waals surface area contributed by atoms with Crippen LogP contribution in [0.4, 0.5) is 0 Å². The number of ether oxygens (including phenoxy) is 1. The van der Waals surface area contributed by atoms with Gasteiger partial charge in [0.25, 0.3) is 0 Å². The van der Waals surface area contributed by atoms with Gasteiger partial charge in [0, 0.05) is 11.9 Å². The standard InChI is InChI=1S/C8H16OS/c1-3-4-8-5-6-9-7(2)10-8/h7-8H,3-6H2,1-2H3/t7-,8+/m0/s1. The van der Waals surface area contributed by atoms with Crippen molar-refractivity contribution in [1.29, 1.82) is 0 Å². The van der Waals surface area contributed by atoms with Crippen molar-refractivity contribution in [2.24, 2.45) is 0 Å². The molecule has 0 bridgehead atoms. The Morgan fingerprint density at radius 3 is 3.00 bits per heavy atom. The predicted octanol–water partition coefficient (Wildman–Crippen LogP) is 2.65. The van der Waals surface area contributed by atoms with Gasteiger partial charge in [-0.05, 0) is 19.8 Å². The van der Waals surface area contributed by atoms with E-state index in [9.17, 15) is 0 Å². The van der Waals surface area contributed by atoms with E-state index in [4.69, 9.17) is 4.74 Å². The molecule has 0 radical (unpaired) electrons. The van der Waals surface area contributed by atoms with Gasteiger partial charge in [-0.2, -0.15) is 0 Å². The van der Waals surface area contributed by atoms with Gasteiger partial charge in [-0.3, -0.25) is 0 Å². The SMILES string of the molecule is CCC[C@@H]1CCO[C@H](C)S1. The molecule has 1 saturated heterocycles. The zero-order valence-electron chi connectivity index (χ0n) is 6.80. The van der Waals surface area contributed by atoms with Crippen molar-refractivity contribution in [3.05, 3.63) is 0 Å². The minimum Gasteiger partial charge on any atom is -0.368 e.